The van der Waals surface area contributed by atoms with E-state index in [0.717, 1.165) is 41.8 Å². The van der Waals surface area contributed by atoms with E-state index in [0.29, 0.717) is 11.6 Å². The highest BCUT2D eigenvalue weighted by Crippen LogP contribution is 2.39. The van der Waals surface area contributed by atoms with Crippen molar-refractivity contribution in [2.75, 3.05) is 4.90 Å². The Morgan fingerprint density at radius 2 is 1.77 bits per heavy atom. The monoisotopic (exact) mass is 434 g/mol. The minimum Gasteiger partial charge on any atom is -0.477 e. The molecule has 4 rings (SSSR count). The number of thiophene rings is 1. The van der Waals surface area contributed by atoms with Gasteiger partial charge >= 0.3 is 5.97 Å². The Hall–Kier alpha value is -2.99. The average molecular weight is 435 g/mol. The second kappa shape index (κ2) is 9.43. The van der Waals surface area contributed by atoms with Crippen molar-refractivity contribution in [3.63, 3.8) is 0 Å². The zero-order valence-corrected chi connectivity index (χ0v) is 18.3. The van der Waals surface area contributed by atoms with Crippen molar-refractivity contribution in [1.82, 2.24) is 4.98 Å². The number of carbonyl (C=O) groups excluding carboxylic acids is 1. The lowest BCUT2D eigenvalue weighted by Crippen LogP contribution is -2.38. The summed E-state index contributed by atoms with van der Waals surface area (Å²) < 4.78 is 0. The first-order chi connectivity index (χ1) is 15.0. The molecule has 0 saturated heterocycles. The summed E-state index contributed by atoms with van der Waals surface area (Å²) in [4.78, 5) is 32.8. The molecule has 0 radical (unpaired) electrons. The number of nitrogens with zero attached hydrogens (tertiary/aromatic N) is 2. The lowest BCUT2D eigenvalue weighted by molar-refractivity contribution is -0.123. The van der Waals surface area contributed by atoms with Crippen LogP contribution in [0.1, 0.15) is 48.0 Å². The molecular weight excluding hydrogens is 408 g/mol. The zero-order chi connectivity index (χ0) is 21.8. The summed E-state index contributed by atoms with van der Waals surface area (Å²) in [6, 6.07) is 17.1. The molecule has 6 heteroatoms. The summed E-state index contributed by atoms with van der Waals surface area (Å²) in [7, 11) is 0. The number of carboxylic acids is 1. The van der Waals surface area contributed by atoms with Crippen molar-refractivity contribution in [2.45, 2.75) is 39.2 Å². The van der Waals surface area contributed by atoms with Gasteiger partial charge in [0.2, 0.25) is 5.91 Å². The number of carbonyl (C=O) groups is 2. The minimum absolute atomic E-state index is 0.00235. The van der Waals surface area contributed by atoms with Crippen molar-refractivity contribution >= 4 is 28.9 Å². The highest BCUT2D eigenvalue weighted by atomic mass is 32.1. The first kappa shape index (κ1) is 21.2. The van der Waals surface area contributed by atoms with Crippen LogP contribution in [0.25, 0.3) is 10.4 Å². The van der Waals surface area contributed by atoms with Crippen molar-refractivity contribution in [2.24, 2.45) is 11.8 Å². The number of anilines is 1. The van der Waals surface area contributed by atoms with Crippen LogP contribution in [0.3, 0.4) is 0 Å². The third kappa shape index (κ3) is 4.85. The number of hydrogen-bond acceptors (Lipinski definition) is 4. The Kier molecular flexibility index (Phi) is 6.47. The molecule has 5 nitrogen and oxygen atoms in total. The van der Waals surface area contributed by atoms with Gasteiger partial charge in [-0.15, -0.1) is 11.3 Å². The molecule has 2 aromatic heterocycles. The Balaban J connectivity index is 1.74. The van der Waals surface area contributed by atoms with Crippen molar-refractivity contribution in [1.29, 1.82) is 0 Å². The average Bonchev–Trinajstić information content (AvgIpc) is 3.24. The Morgan fingerprint density at radius 3 is 2.42 bits per heavy atom. The Morgan fingerprint density at radius 1 is 1.06 bits per heavy atom. The van der Waals surface area contributed by atoms with Gasteiger partial charge in [-0.3, -0.25) is 9.78 Å². The van der Waals surface area contributed by atoms with Crippen LogP contribution in [-0.4, -0.2) is 22.0 Å². The van der Waals surface area contributed by atoms with Crippen LogP contribution in [0.4, 0.5) is 5.69 Å². The summed E-state index contributed by atoms with van der Waals surface area (Å²) in [6.45, 7) is 2.48. The van der Waals surface area contributed by atoms with Gasteiger partial charge in [0.05, 0.1) is 17.9 Å². The molecular formula is C25H26N2O3S. The molecule has 160 valence electrons. The van der Waals surface area contributed by atoms with Gasteiger partial charge in [-0.2, -0.15) is 0 Å². The van der Waals surface area contributed by atoms with Gasteiger partial charge in [0.25, 0.3) is 0 Å². The van der Waals surface area contributed by atoms with Crippen LogP contribution >= 0.6 is 11.3 Å². The first-order valence-electron chi connectivity index (χ1n) is 10.7. The second-order valence-corrected chi connectivity index (χ2v) is 9.25. The molecule has 31 heavy (non-hydrogen) atoms. The molecule has 2 heterocycles. The summed E-state index contributed by atoms with van der Waals surface area (Å²) in [5, 5.41) is 9.92. The maximum Gasteiger partial charge on any atom is 0.348 e. The van der Waals surface area contributed by atoms with Crippen molar-refractivity contribution < 1.29 is 14.7 Å². The van der Waals surface area contributed by atoms with Gasteiger partial charge < -0.3 is 10.0 Å². The molecule has 0 aliphatic heterocycles. The lowest BCUT2D eigenvalue weighted by Gasteiger charge is -2.31. The van der Waals surface area contributed by atoms with Crippen LogP contribution < -0.4 is 4.90 Å². The summed E-state index contributed by atoms with van der Waals surface area (Å²) in [5.41, 5.74) is 2.15. The molecule has 0 unspecified atom stereocenters. The molecule has 0 spiro atoms. The van der Waals surface area contributed by atoms with E-state index in [1.165, 1.54) is 11.3 Å². The molecule has 1 aliphatic rings. The molecule has 1 amide bonds. The Bertz CT molecular complexity index is 1040. The van der Waals surface area contributed by atoms with Gasteiger partial charge in [0.15, 0.2) is 0 Å². The highest BCUT2D eigenvalue weighted by Gasteiger charge is 2.32. The number of carboxylic acid groups (broad SMARTS) is 1. The van der Waals surface area contributed by atoms with Crippen molar-refractivity contribution in [3.8, 4) is 10.4 Å². The number of pyridine rings is 1. The quantitative estimate of drug-likeness (QED) is 0.527. The number of amides is 1. The molecule has 3 aromatic rings. The first-order valence-corrected chi connectivity index (χ1v) is 11.5. The number of hydrogen-bond donors (Lipinski definition) is 1. The third-order valence-corrected chi connectivity index (χ3v) is 7.09. The number of rotatable bonds is 6. The molecule has 1 aliphatic carbocycles. The van der Waals surface area contributed by atoms with Gasteiger partial charge in [0.1, 0.15) is 4.88 Å². The van der Waals surface area contributed by atoms with E-state index in [1.807, 2.05) is 54.6 Å². The zero-order valence-electron chi connectivity index (χ0n) is 17.5. The molecule has 0 bridgehead atoms. The standard InChI is InChI=1S/C25H26N2O3S/c1-17-10-12-19(13-11-17)24(28)27(16-20-9-5-6-14-26-20)21-15-22(31-23(21)25(29)30)18-7-3-2-4-8-18/h2-9,14-15,17,19H,10-13,16H2,1H3,(H,29,30). The second-order valence-electron chi connectivity index (χ2n) is 8.20. The minimum atomic E-state index is -1.02. The molecule has 1 aromatic carbocycles. The SMILES string of the molecule is CC1CCC(C(=O)N(Cc2ccccn2)c2cc(-c3ccccc3)sc2C(=O)O)CC1. The van der Waals surface area contributed by atoms with E-state index < -0.39 is 5.97 Å². The van der Waals surface area contributed by atoms with Gasteiger partial charge in [0, 0.05) is 17.0 Å². The maximum absolute atomic E-state index is 13.6. The van der Waals surface area contributed by atoms with E-state index >= 15 is 0 Å². The highest BCUT2D eigenvalue weighted by molar-refractivity contribution is 7.18. The fraction of sp³-hybridized carbons (Fsp3) is 0.320. The summed E-state index contributed by atoms with van der Waals surface area (Å²) in [6.07, 6.45) is 5.44. The predicted octanol–water partition coefficient (Wildman–Crippen LogP) is 5.87. The molecule has 1 fully saturated rings. The van der Waals surface area contributed by atoms with Crippen LogP contribution in [0.2, 0.25) is 0 Å². The van der Waals surface area contributed by atoms with Gasteiger partial charge in [-0.05, 0) is 55.4 Å². The van der Waals surface area contributed by atoms with Gasteiger partial charge in [-0.1, -0.05) is 43.3 Å². The number of aromatic carboxylic acids is 1. The third-order valence-electron chi connectivity index (χ3n) is 5.93. The van der Waals surface area contributed by atoms with Crippen LogP contribution in [0, 0.1) is 11.8 Å². The maximum atomic E-state index is 13.6. The summed E-state index contributed by atoms with van der Waals surface area (Å²) in [5.74, 6) is -0.467. The van der Waals surface area contributed by atoms with E-state index in [9.17, 15) is 14.7 Å². The smallest absolute Gasteiger partial charge is 0.348 e. The van der Waals surface area contributed by atoms with Crippen LogP contribution in [0.15, 0.2) is 60.8 Å². The van der Waals surface area contributed by atoms with E-state index in [2.05, 4.69) is 11.9 Å². The van der Waals surface area contributed by atoms with Gasteiger partial charge in [-0.25, -0.2) is 4.79 Å². The number of aromatic nitrogens is 1. The van der Waals surface area contributed by atoms with Crippen LogP contribution in [0.5, 0.6) is 0 Å². The number of benzene rings is 1. The summed E-state index contributed by atoms with van der Waals surface area (Å²) >= 11 is 1.21. The molecule has 1 saturated carbocycles. The molecule has 1 N–H and O–H groups in total. The van der Waals surface area contributed by atoms with E-state index in [-0.39, 0.29) is 23.2 Å². The van der Waals surface area contributed by atoms with E-state index in [4.69, 9.17) is 0 Å². The fourth-order valence-corrected chi connectivity index (χ4v) is 5.15. The van der Waals surface area contributed by atoms with Crippen LogP contribution in [-0.2, 0) is 11.3 Å². The van der Waals surface area contributed by atoms with Crippen molar-refractivity contribution in [3.05, 3.63) is 71.4 Å². The van der Waals surface area contributed by atoms with E-state index in [1.54, 1.807) is 11.1 Å². The topological polar surface area (TPSA) is 70.5 Å². The largest absolute Gasteiger partial charge is 0.477 e. The molecule has 0 atom stereocenters. The normalized spacial score (nSPS) is 18.5. The predicted molar refractivity (Wildman–Crippen MR) is 123 cm³/mol. The Labute approximate surface area is 186 Å². The lowest BCUT2D eigenvalue weighted by atomic mass is 9.82. The fourth-order valence-electron chi connectivity index (χ4n) is 4.14.